The van der Waals surface area contributed by atoms with E-state index in [2.05, 4.69) is 5.32 Å². The SMILES string of the molecule is CCOC(=O)c1ccc(NC(=O)CC2C(=O)N(c3ccccc3)C(=S)N2CC(=O)OC)cc1. The summed E-state index contributed by atoms with van der Waals surface area (Å²) in [7, 11) is 1.24. The lowest BCUT2D eigenvalue weighted by molar-refractivity contribution is -0.141. The number of thiocarbonyl (C=S) groups is 1. The number of carbonyl (C=O) groups excluding carboxylic acids is 4. The van der Waals surface area contributed by atoms with Crippen molar-refractivity contribution in [3.63, 3.8) is 0 Å². The Morgan fingerprint density at radius 2 is 1.73 bits per heavy atom. The number of anilines is 2. The maximum Gasteiger partial charge on any atom is 0.338 e. The molecule has 172 valence electrons. The van der Waals surface area contributed by atoms with E-state index >= 15 is 0 Å². The number of methoxy groups -OCH3 is 1. The van der Waals surface area contributed by atoms with Crippen LogP contribution in [0, 0.1) is 0 Å². The highest BCUT2D eigenvalue weighted by Gasteiger charge is 2.45. The van der Waals surface area contributed by atoms with Crippen LogP contribution in [0.15, 0.2) is 54.6 Å². The number of esters is 2. The molecule has 0 radical (unpaired) electrons. The minimum atomic E-state index is -0.976. The lowest BCUT2D eigenvalue weighted by Gasteiger charge is -2.22. The first-order valence-electron chi connectivity index (χ1n) is 10.2. The number of benzene rings is 2. The van der Waals surface area contributed by atoms with Gasteiger partial charge in [-0.25, -0.2) is 4.79 Å². The molecule has 0 aliphatic carbocycles. The van der Waals surface area contributed by atoms with Crippen LogP contribution in [-0.4, -0.2) is 60.1 Å². The van der Waals surface area contributed by atoms with E-state index in [1.807, 2.05) is 0 Å². The third-order valence-corrected chi connectivity index (χ3v) is 5.34. The van der Waals surface area contributed by atoms with Crippen molar-refractivity contribution in [3.05, 3.63) is 60.2 Å². The highest BCUT2D eigenvalue weighted by Crippen LogP contribution is 2.27. The summed E-state index contributed by atoms with van der Waals surface area (Å²) in [6.07, 6.45) is -0.237. The quantitative estimate of drug-likeness (QED) is 0.464. The summed E-state index contributed by atoms with van der Waals surface area (Å²) in [4.78, 5) is 52.3. The van der Waals surface area contributed by atoms with E-state index in [1.165, 1.54) is 29.0 Å². The van der Waals surface area contributed by atoms with Crippen LogP contribution in [0.2, 0.25) is 0 Å². The molecule has 10 heteroatoms. The van der Waals surface area contributed by atoms with Crippen LogP contribution in [0.4, 0.5) is 11.4 Å². The van der Waals surface area contributed by atoms with Crippen molar-refractivity contribution in [2.75, 3.05) is 30.5 Å². The molecule has 1 saturated heterocycles. The summed E-state index contributed by atoms with van der Waals surface area (Å²) in [6, 6.07) is 14.0. The molecule has 3 rings (SSSR count). The Hall–Kier alpha value is -3.79. The Morgan fingerprint density at radius 1 is 1.06 bits per heavy atom. The van der Waals surface area contributed by atoms with Crippen LogP contribution in [0.5, 0.6) is 0 Å². The van der Waals surface area contributed by atoms with Gasteiger partial charge < -0.3 is 19.7 Å². The predicted molar refractivity (Wildman–Crippen MR) is 125 cm³/mol. The van der Waals surface area contributed by atoms with Crippen molar-refractivity contribution in [2.24, 2.45) is 0 Å². The Labute approximate surface area is 196 Å². The number of para-hydroxylation sites is 1. The minimum Gasteiger partial charge on any atom is -0.468 e. The molecule has 1 aliphatic rings. The maximum atomic E-state index is 13.2. The largest absolute Gasteiger partial charge is 0.468 e. The van der Waals surface area contributed by atoms with E-state index in [0.29, 0.717) is 16.9 Å². The van der Waals surface area contributed by atoms with Gasteiger partial charge in [-0.2, -0.15) is 0 Å². The molecular weight excluding hydrogens is 446 g/mol. The second-order valence-corrected chi connectivity index (χ2v) is 7.43. The van der Waals surface area contributed by atoms with Crippen molar-refractivity contribution in [3.8, 4) is 0 Å². The fourth-order valence-corrected chi connectivity index (χ4v) is 3.71. The fourth-order valence-electron chi connectivity index (χ4n) is 3.32. The molecular formula is C23H23N3O6S. The van der Waals surface area contributed by atoms with E-state index in [4.69, 9.17) is 21.7 Å². The molecule has 0 spiro atoms. The summed E-state index contributed by atoms with van der Waals surface area (Å²) in [5.74, 6) is -1.91. The molecule has 0 aromatic heterocycles. The Balaban J connectivity index is 1.75. The van der Waals surface area contributed by atoms with Gasteiger partial charge in [0.1, 0.15) is 12.6 Å². The van der Waals surface area contributed by atoms with Gasteiger partial charge in [0.15, 0.2) is 5.11 Å². The summed E-state index contributed by atoms with van der Waals surface area (Å²) in [5, 5.41) is 2.82. The van der Waals surface area contributed by atoms with E-state index in [9.17, 15) is 19.2 Å². The van der Waals surface area contributed by atoms with Crippen molar-refractivity contribution in [1.29, 1.82) is 0 Å². The minimum absolute atomic E-state index is 0.119. The highest BCUT2D eigenvalue weighted by molar-refractivity contribution is 7.80. The van der Waals surface area contributed by atoms with Gasteiger partial charge in [-0.1, -0.05) is 18.2 Å². The van der Waals surface area contributed by atoms with Gasteiger partial charge in [-0.05, 0) is 55.5 Å². The molecule has 2 amide bonds. The van der Waals surface area contributed by atoms with Gasteiger partial charge in [-0.3, -0.25) is 19.3 Å². The lowest BCUT2D eigenvalue weighted by atomic mass is 10.1. The number of hydrogen-bond acceptors (Lipinski definition) is 7. The van der Waals surface area contributed by atoms with E-state index in [-0.39, 0.29) is 24.7 Å². The number of rotatable bonds is 8. The zero-order valence-electron chi connectivity index (χ0n) is 18.1. The van der Waals surface area contributed by atoms with E-state index < -0.39 is 29.8 Å². The first-order valence-corrected chi connectivity index (χ1v) is 10.6. The first-order chi connectivity index (χ1) is 15.8. The smallest absolute Gasteiger partial charge is 0.338 e. The predicted octanol–water partition coefficient (Wildman–Crippen LogP) is 2.37. The maximum absolute atomic E-state index is 13.2. The number of amides is 2. The van der Waals surface area contributed by atoms with Gasteiger partial charge >= 0.3 is 11.9 Å². The normalized spacial score (nSPS) is 15.4. The van der Waals surface area contributed by atoms with Crippen LogP contribution in [0.25, 0.3) is 0 Å². The van der Waals surface area contributed by atoms with Gasteiger partial charge in [0.05, 0.1) is 31.4 Å². The zero-order valence-corrected chi connectivity index (χ0v) is 19.0. The fraction of sp³-hybridized carbons (Fsp3) is 0.261. The van der Waals surface area contributed by atoms with Crippen LogP contribution in [0.3, 0.4) is 0 Å². The number of nitrogens with one attached hydrogen (secondary N) is 1. The number of hydrogen-bond donors (Lipinski definition) is 1. The topological polar surface area (TPSA) is 105 Å². The van der Waals surface area contributed by atoms with Crippen LogP contribution >= 0.6 is 12.2 Å². The average Bonchev–Trinajstić information content (AvgIpc) is 3.03. The van der Waals surface area contributed by atoms with Crippen molar-refractivity contribution in [2.45, 2.75) is 19.4 Å². The Morgan fingerprint density at radius 3 is 2.33 bits per heavy atom. The molecule has 1 fully saturated rings. The second-order valence-electron chi connectivity index (χ2n) is 7.06. The molecule has 0 bridgehead atoms. The lowest BCUT2D eigenvalue weighted by Crippen LogP contribution is -2.41. The molecule has 0 saturated carbocycles. The summed E-state index contributed by atoms with van der Waals surface area (Å²) in [5.41, 5.74) is 1.34. The molecule has 1 N–H and O–H groups in total. The van der Waals surface area contributed by atoms with Gasteiger partial charge in [-0.15, -0.1) is 0 Å². The zero-order chi connectivity index (χ0) is 24.0. The average molecular weight is 470 g/mol. The molecule has 1 unspecified atom stereocenters. The van der Waals surface area contributed by atoms with Gasteiger partial charge in [0, 0.05) is 5.69 Å². The van der Waals surface area contributed by atoms with Gasteiger partial charge in [0.2, 0.25) is 5.91 Å². The molecule has 2 aromatic carbocycles. The molecule has 2 aromatic rings. The molecule has 33 heavy (non-hydrogen) atoms. The van der Waals surface area contributed by atoms with Crippen molar-refractivity contribution >= 4 is 52.5 Å². The number of ether oxygens (including phenoxy) is 2. The summed E-state index contributed by atoms with van der Waals surface area (Å²) < 4.78 is 9.66. The summed E-state index contributed by atoms with van der Waals surface area (Å²) in [6.45, 7) is 1.71. The summed E-state index contributed by atoms with van der Waals surface area (Å²) >= 11 is 5.45. The third kappa shape index (κ3) is 5.53. The first kappa shape index (κ1) is 23.9. The third-order valence-electron chi connectivity index (χ3n) is 4.92. The Kier molecular flexibility index (Phi) is 7.73. The number of carbonyl (C=O) groups is 4. The number of nitrogens with zero attached hydrogens (tertiary/aromatic N) is 2. The van der Waals surface area contributed by atoms with Crippen LogP contribution in [-0.2, 0) is 23.9 Å². The molecule has 1 atom stereocenters. The van der Waals surface area contributed by atoms with E-state index in [0.717, 1.165) is 0 Å². The Bertz CT molecular complexity index is 1060. The molecule has 1 heterocycles. The van der Waals surface area contributed by atoms with Crippen molar-refractivity contribution < 1.29 is 28.7 Å². The van der Waals surface area contributed by atoms with Crippen LogP contribution in [0.1, 0.15) is 23.7 Å². The highest BCUT2D eigenvalue weighted by atomic mass is 32.1. The van der Waals surface area contributed by atoms with Crippen molar-refractivity contribution in [1.82, 2.24) is 4.90 Å². The van der Waals surface area contributed by atoms with Crippen LogP contribution < -0.4 is 10.2 Å². The standard InChI is InChI=1S/C23H23N3O6S/c1-3-32-22(30)15-9-11-16(12-10-15)24-19(27)13-18-21(29)26(17-7-5-4-6-8-17)23(33)25(18)14-20(28)31-2/h4-12,18H,3,13-14H2,1-2H3,(H,24,27). The second kappa shape index (κ2) is 10.7. The molecule has 1 aliphatic heterocycles. The monoisotopic (exact) mass is 469 g/mol. The van der Waals surface area contributed by atoms with E-state index in [1.54, 1.807) is 49.4 Å². The van der Waals surface area contributed by atoms with Gasteiger partial charge in [0.25, 0.3) is 5.91 Å². The molecule has 9 nitrogen and oxygen atoms in total.